The number of halogens is 2. The molecule has 1 atom stereocenters. The highest BCUT2D eigenvalue weighted by Gasteiger charge is 2.36. The molecule has 4 aliphatic heterocycles. The zero-order valence-corrected chi connectivity index (χ0v) is 32.3. The van der Waals surface area contributed by atoms with Gasteiger partial charge in [0, 0.05) is 65.0 Å². The molecule has 13 heteroatoms. The van der Waals surface area contributed by atoms with E-state index < -0.39 is 12.1 Å². The summed E-state index contributed by atoms with van der Waals surface area (Å²) < 4.78 is 1.60. The van der Waals surface area contributed by atoms with Crippen LogP contribution in [0.15, 0.2) is 42.5 Å². The van der Waals surface area contributed by atoms with Crippen molar-refractivity contribution in [1.82, 2.24) is 24.9 Å². The number of alkyl halides is 2. The number of nitrogens with one attached hydrogen (secondary N) is 3. The van der Waals surface area contributed by atoms with Crippen molar-refractivity contribution in [2.24, 2.45) is 0 Å². The lowest BCUT2D eigenvalue weighted by Gasteiger charge is -2.41. The van der Waals surface area contributed by atoms with Gasteiger partial charge in [-0.1, -0.05) is 81.9 Å². The van der Waals surface area contributed by atoms with Crippen LogP contribution >= 0.6 is 45.2 Å². The van der Waals surface area contributed by atoms with Crippen molar-refractivity contribution in [3.8, 4) is 0 Å². The van der Waals surface area contributed by atoms with Gasteiger partial charge in [-0.2, -0.15) is 0 Å². The number of urea groups is 2. The van der Waals surface area contributed by atoms with Gasteiger partial charge in [0.05, 0.1) is 6.42 Å². The molecule has 264 valence electrons. The van der Waals surface area contributed by atoms with Gasteiger partial charge < -0.3 is 35.6 Å². The van der Waals surface area contributed by atoms with Crippen LogP contribution in [0.1, 0.15) is 68.1 Å². The summed E-state index contributed by atoms with van der Waals surface area (Å²) in [5.41, 5.74) is 4.82. The van der Waals surface area contributed by atoms with E-state index in [0.717, 1.165) is 51.6 Å². The van der Waals surface area contributed by atoms with Crippen LogP contribution in [-0.2, 0) is 25.0 Å². The molecule has 4 heterocycles. The number of amides is 6. The van der Waals surface area contributed by atoms with E-state index in [-0.39, 0.29) is 30.3 Å². The van der Waals surface area contributed by atoms with Gasteiger partial charge in [-0.15, -0.1) is 0 Å². The van der Waals surface area contributed by atoms with E-state index >= 15 is 0 Å². The molecule has 0 spiro atoms. The number of nitrogens with zero attached hydrogens (tertiary/aromatic N) is 4. The van der Waals surface area contributed by atoms with Crippen molar-refractivity contribution in [3.05, 3.63) is 59.2 Å². The highest BCUT2D eigenvalue weighted by molar-refractivity contribution is 14.1. The largest absolute Gasteiger partial charge is 0.342 e. The predicted octanol–water partition coefficient (Wildman–Crippen LogP) is 5.95. The second-order valence-electron chi connectivity index (χ2n) is 13.6. The Bertz CT molecular complexity index is 1500. The summed E-state index contributed by atoms with van der Waals surface area (Å²) in [5, 5.41) is 8.85. The number of fused-ring (bicyclic) bond motifs is 1. The van der Waals surface area contributed by atoms with E-state index in [2.05, 4.69) is 72.1 Å². The fourth-order valence-electron chi connectivity index (χ4n) is 7.68. The molecule has 0 radical (unpaired) electrons. The average molecular weight is 896 g/mol. The molecule has 0 aromatic heterocycles. The minimum atomic E-state index is -0.974. The summed E-state index contributed by atoms with van der Waals surface area (Å²) in [6.07, 6.45) is 6.78. The summed E-state index contributed by atoms with van der Waals surface area (Å²) in [6, 6.07) is 12.7. The molecule has 3 saturated heterocycles. The molecule has 4 aliphatic rings. The van der Waals surface area contributed by atoms with Gasteiger partial charge in [0.2, 0.25) is 11.8 Å². The van der Waals surface area contributed by atoms with Gasteiger partial charge in [0.15, 0.2) is 0 Å². The van der Waals surface area contributed by atoms with E-state index in [0.29, 0.717) is 57.3 Å². The van der Waals surface area contributed by atoms with Crippen molar-refractivity contribution in [2.45, 2.75) is 84.9 Å². The SMILES string of the molecule is O=C(Nc1ccc(CI)cc1CI)N[C@@H](CC(=O)N1CCC(N2Cc3ccccc3NC2=O)CC1)C(=O)N1CCC(N2CCCCC2)CC1. The second-order valence-corrected chi connectivity index (χ2v) is 15.1. The number of hydrogen-bond acceptors (Lipinski definition) is 5. The Hall–Kier alpha value is -2.66. The van der Waals surface area contributed by atoms with Crippen LogP contribution in [0, 0.1) is 0 Å². The standard InChI is InChI=1S/C36H47I2N7O4/c37-22-25-8-9-31(27(20-25)23-38)39-35(48)40-32(34(47)44-18-10-28(11-19-44)42-14-4-1-5-15-42)21-33(46)43-16-12-29(13-17-43)45-24-26-6-2-3-7-30(26)41-36(45)49/h2-3,6-9,20,28-29,32H,1,4-5,10-19,21-24H2,(H,41,49)(H2,39,40,48)/t32-/m0/s1. The van der Waals surface area contributed by atoms with Gasteiger partial charge in [0.1, 0.15) is 6.04 Å². The van der Waals surface area contributed by atoms with Crippen molar-refractivity contribution in [1.29, 1.82) is 0 Å². The summed E-state index contributed by atoms with van der Waals surface area (Å²) >= 11 is 4.61. The van der Waals surface area contributed by atoms with E-state index in [1.165, 1.54) is 24.8 Å². The highest BCUT2D eigenvalue weighted by Crippen LogP contribution is 2.28. The van der Waals surface area contributed by atoms with Crippen LogP contribution in [-0.4, -0.2) is 101 Å². The molecule has 0 bridgehead atoms. The molecule has 6 rings (SSSR count). The Morgan fingerprint density at radius 2 is 1.53 bits per heavy atom. The molecule has 0 saturated carbocycles. The number of carbonyl (C=O) groups excluding carboxylic acids is 4. The van der Waals surface area contributed by atoms with Crippen LogP contribution in [0.3, 0.4) is 0 Å². The van der Waals surface area contributed by atoms with Crippen molar-refractivity contribution < 1.29 is 19.2 Å². The van der Waals surface area contributed by atoms with Crippen LogP contribution < -0.4 is 16.0 Å². The predicted molar refractivity (Wildman–Crippen MR) is 208 cm³/mol. The molecule has 0 aliphatic carbocycles. The Balaban J connectivity index is 1.09. The number of hydrogen-bond donors (Lipinski definition) is 3. The molecular weight excluding hydrogens is 848 g/mol. The first-order valence-electron chi connectivity index (χ1n) is 17.6. The molecule has 2 aromatic rings. The number of rotatable bonds is 9. The van der Waals surface area contributed by atoms with E-state index in [1.807, 2.05) is 46.2 Å². The molecule has 49 heavy (non-hydrogen) atoms. The molecule has 11 nitrogen and oxygen atoms in total. The summed E-state index contributed by atoms with van der Waals surface area (Å²) in [4.78, 5) is 62.2. The maximum absolute atomic E-state index is 14.0. The number of benzene rings is 2. The summed E-state index contributed by atoms with van der Waals surface area (Å²) in [5.74, 6) is -0.360. The van der Waals surface area contributed by atoms with E-state index in [1.54, 1.807) is 4.90 Å². The number of piperidine rings is 3. The number of carbonyl (C=O) groups is 4. The molecule has 6 amide bonds. The first-order chi connectivity index (χ1) is 23.8. The Morgan fingerprint density at radius 1 is 0.837 bits per heavy atom. The fraction of sp³-hybridized carbons (Fsp3) is 0.556. The normalized spacial score (nSPS) is 20.0. The van der Waals surface area contributed by atoms with Crippen molar-refractivity contribution >= 4 is 80.4 Å². The third-order valence-corrected chi connectivity index (χ3v) is 12.2. The first kappa shape index (κ1) is 36.1. The topological polar surface area (TPSA) is 117 Å². The van der Waals surface area contributed by atoms with Crippen molar-refractivity contribution in [2.75, 3.05) is 49.9 Å². The van der Waals surface area contributed by atoms with Crippen LogP contribution in [0.25, 0.3) is 0 Å². The fourth-order valence-corrected chi connectivity index (χ4v) is 8.79. The van der Waals surface area contributed by atoms with E-state index in [4.69, 9.17) is 0 Å². The third-order valence-electron chi connectivity index (χ3n) is 10.5. The Kier molecular flexibility index (Phi) is 12.6. The zero-order valence-electron chi connectivity index (χ0n) is 28.0. The minimum Gasteiger partial charge on any atom is -0.342 e. The number of anilines is 2. The van der Waals surface area contributed by atoms with Crippen LogP contribution in [0.2, 0.25) is 0 Å². The summed E-state index contributed by atoms with van der Waals surface area (Å²) in [6.45, 7) is 5.03. The summed E-state index contributed by atoms with van der Waals surface area (Å²) in [7, 11) is 0. The van der Waals surface area contributed by atoms with E-state index in [9.17, 15) is 19.2 Å². The van der Waals surface area contributed by atoms with Crippen LogP contribution in [0.4, 0.5) is 21.0 Å². The maximum atomic E-state index is 14.0. The lowest BCUT2D eigenvalue weighted by molar-refractivity contribution is -0.140. The molecule has 0 unspecified atom stereocenters. The maximum Gasteiger partial charge on any atom is 0.322 e. The van der Waals surface area contributed by atoms with Gasteiger partial charge in [-0.05, 0) is 80.4 Å². The minimum absolute atomic E-state index is 0.0191. The molecular formula is C36H47I2N7O4. The van der Waals surface area contributed by atoms with Gasteiger partial charge in [-0.3, -0.25) is 9.59 Å². The van der Waals surface area contributed by atoms with Crippen LogP contribution in [0.5, 0.6) is 0 Å². The van der Waals surface area contributed by atoms with Gasteiger partial charge >= 0.3 is 12.1 Å². The lowest BCUT2D eigenvalue weighted by Crippen LogP contribution is -2.56. The third kappa shape index (κ3) is 8.99. The monoisotopic (exact) mass is 895 g/mol. The first-order valence-corrected chi connectivity index (χ1v) is 20.7. The van der Waals surface area contributed by atoms with Crippen molar-refractivity contribution in [3.63, 3.8) is 0 Å². The lowest BCUT2D eigenvalue weighted by atomic mass is 9.98. The van der Waals surface area contributed by atoms with Gasteiger partial charge in [0.25, 0.3) is 0 Å². The smallest absolute Gasteiger partial charge is 0.322 e. The quantitative estimate of drug-likeness (QED) is 0.213. The molecule has 3 N–H and O–H groups in total. The Morgan fingerprint density at radius 3 is 2.24 bits per heavy atom. The zero-order chi connectivity index (χ0) is 34.3. The number of para-hydroxylation sites is 1. The molecule has 2 aromatic carbocycles. The molecule has 3 fully saturated rings. The average Bonchev–Trinajstić information content (AvgIpc) is 3.14. The second kappa shape index (κ2) is 17.0. The highest BCUT2D eigenvalue weighted by atomic mass is 127. The number of likely N-dealkylation sites (tertiary alicyclic amines) is 3. The van der Waals surface area contributed by atoms with Gasteiger partial charge in [-0.25, -0.2) is 9.59 Å². The Labute approximate surface area is 316 Å².